The van der Waals surface area contributed by atoms with Gasteiger partial charge in [0, 0.05) is 18.5 Å². The van der Waals surface area contributed by atoms with Gasteiger partial charge in [0.05, 0.1) is 12.2 Å². The van der Waals surface area contributed by atoms with Crippen molar-refractivity contribution in [2.45, 2.75) is 71.0 Å². The average Bonchev–Trinajstić information content (AvgIpc) is 2.59. The second-order valence-electron chi connectivity index (χ2n) is 7.27. The molecule has 0 saturated heterocycles. The van der Waals surface area contributed by atoms with E-state index in [-0.39, 0.29) is 12.2 Å². The summed E-state index contributed by atoms with van der Waals surface area (Å²) in [5, 5.41) is 14.1. The fourth-order valence-electron chi connectivity index (χ4n) is 4.17. The highest BCUT2D eigenvalue weighted by Crippen LogP contribution is 2.41. The first-order chi connectivity index (χ1) is 11.2. The lowest BCUT2D eigenvalue weighted by Crippen LogP contribution is -2.37. The molecule has 1 saturated carbocycles. The molecule has 1 aromatic carbocycles. The van der Waals surface area contributed by atoms with Crippen LogP contribution in [-0.2, 0) is 11.2 Å². The van der Waals surface area contributed by atoms with E-state index in [1.165, 1.54) is 37.7 Å². The summed E-state index contributed by atoms with van der Waals surface area (Å²) >= 11 is 0. The van der Waals surface area contributed by atoms with Crippen LogP contribution in [-0.4, -0.2) is 24.3 Å². The van der Waals surface area contributed by atoms with Gasteiger partial charge in [-0.15, -0.1) is 0 Å². The third kappa shape index (κ3) is 3.72. The Balaban J connectivity index is 1.82. The van der Waals surface area contributed by atoms with Gasteiger partial charge in [-0.3, -0.25) is 0 Å². The van der Waals surface area contributed by atoms with Crippen LogP contribution in [0.2, 0.25) is 0 Å². The van der Waals surface area contributed by atoms with Crippen LogP contribution < -0.4 is 5.32 Å². The van der Waals surface area contributed by atoms with E-state index in [1.54, 1.807) is 0 Å². The van der Waals surface area contributed by atoms with Crippen molar-refractivity contribution in [3.63, 3.8) is 0 Å². The number of hydrogen-bond donors (Lipinski definition) is 2. The summed E-state index contributed by atoms with van der Waals surface area (Å²) in [7, 11) is 0. The molecule has 1 heterocycles. The summed E-state index contributed by atoms with van der Waals surface area (Å²) in [5.41, 5.74) is 3.30. The average molecular weight is 317 g/mol. The molecular formula is C20H31NO2. The Morgan fingerprint density at radius 3 is 2.74 bits per heavy atom. The van der Waals surface area contributed by atoms with Crippen molar-refractivity contribution < 1.29 is 9.84 Å². The number of benzene rings is 1. The number of ether oxygens (including phenoxy) is 1. The highest BCUT2D eigenvalue weighted by Gasteiger charge is 2.34. The van der Waals surface area contributed by atoms with Crippen LogP contribution in [0.3, 0.4) is 0 Å². The van der Waals surface area contributed by atoms with E-state index in [0.29, 0.717) is 11.7 Å². The van der Waals surface area contributed by atoms with E-state index < -0.39 is 0 Å². The number of aryl methyl sites for hydroxylation is 1. The smallest absolute Gasteiger partial charge is 0.122 e. The van der Waals surface area contributed by atoms with E-state index in [9.17, 15) is 5.11 Å². The maximum atomic E-state index is 10.6. The predicted octanol–water partition coefficient (Wildman–Crippen LogP) is 4.26. The number of rotatable bonds is 5. The van der Waals surface area contributed by atoms with Crippen molar-refractivity contribution in [1.82, 2.24) is 5.32 Å². The van der Waals surface area contributed by atoms with Gasteiger partial charge in [-0.25, -0.2) is 0 Å². The first kappa shape index (κ1) is 16.8. The maximum Gasteiger partial charge on any atom is 0.122 e. The first-order valence-electron chi connectivity index (χ1n) is 9.38. The molecule has 1 aromatic rings. The molecular weight excluding hydrogens is 286 g/mol. The monoisotopic (exact) mass is 317 g/mol. The van der Waals surface area contributed by atoms with Gasteiger partial charge in [0.2, 0.25) is 0 Å². The van der Waals surface area contributed by atoms with E-state index in [0.717, 1.165) is 37.1 Å². The van der Waals surface area contributed by atoms with Crippen LogP contribution in [0.1, 0.15) is 68.2 Å². The zero-order valence-corrected chi connectivity index (χ0v) is 14.6. The van der Waals surface area contributed by atoms with Crippen molar-refractivity contribution in [3.8, 4) is 5.75 Å². The van der Waals surface area contributed by atoms with Crippen LogP contribution in [0.4, 0.5) is 0 Å². The number of phenols is 1. The number of hydrogen-bond acceptors (Lipinski definition) is 3. The van der Waals surface area contributed by atoms with Gasteiger partial charge in [0.25, 0.3) is 0 Å². The van der Waals surface area contributed by atoms with Gasteiger partial charge in [-0.2, -0.15) is 0 Å². The second kappa shape index (κ2) is 7.67. The number of aromatic hydroxyl groups is 1. The Bertz CT molecular complexity index is 523. The van der Waals surface area contributed by atoms with Crippen molar-refractivity contribution in [2.24, 2.45) is 5.92 Å². The van der Waals surface area contributed by atoms with Gasteiger partial charge in [-0.05, 0) is 49.8 Å². The molecule has 0 amide bonds. The molecule has 2 atom stereocenters. The lowest BCUT2D eigenvalue weighted by Gasteiger charge is -2.38. The fourth-order valence-corrected chi connectivity index (χ4v) is 4.17. The van der Waals surface area contributed by atoms with Crippen molar-refractivity contribution >= 4 is 0 Å². The van der Waals surface area contributed by atoms with Gasteiger partial charge in [0.15, 0.2) is 0 Å². The van der Waals surface area contributed by atoms with Crippen molar-refractivity contribution in [1.29, 1.82) is 0 Å². The maximum absolute atomic E-state index is 10.6. The van der Waals surface area contributed by atoms with Crippen LogP contribution in [0.25, 0.3) is 0 Å². The molecule has 1 aliphatic heterocycles. The van der Waals surface area contributed by atoms with E-state index in [2.05, 4.69) is 18.3 Å². The Hall–Kier alpha value is -1.06. The zero-order valence-electron chi connectivity index (χ0n) is 14.6. The Morgan fingerprint density at radius 2 is 2.00 bits per heavy atom. The lowest BCUT2D eigenvalue weighted by atomic mass is 9.80. The minimum Gasteiger partial charge on any atom is -0.507 e. The predicted molar refractivity (Wildman–Crippen MR) is 93.9 cm³/mol. The third-order valence-electron chi connectivity index (χ3n) is 5.54. The minimum absolute atomic E-state index is 0.0729. The molecule has 1 aliphatic carbocycles. The molecule has 2 aliphatic rings. The molecule has 0 radical (unpaired) electrons. The lowest BCUT2D eigenvalue weighted by molar-refractivity contribution is -0.0625. The number of nitrogens with one attached hydrogen (secondary N) is 1. The second-order valence-corrected chi connectivity index (χ2v) is 7.27. The minimum atomic E-state index is 0.0729. The standard InChI is InChI=1S/C20H31NO2/c1-3-11-21-13-19-16-10-9-14(2)20(22)17(16)12-18(23-19)15-7-5-4-6-8-15/h9-10,15,18-19,21-22H,3-8,11-13H2,1-2H3/t18-,19-/m0/s1. The molecule has 128 valence electrons. The van der Waals surface area contributed by atoms with E-state index >= 15 is 0 Å². The van der Waals surface area contributed by atoms with Crippen LogP contribution in [0, 0.1) is 12.8 Å². The molecule has 0 aromatic heterocycles. The Labute approximate surface area is 140 Å². The normalized spacial score (nSPS) is 25.3. The van der Waals surface area contributed by atoms with Crippen LogP contribution in [0.5, 0.6) is 5.75 Å². The quantitative estimate of drug-likeness (QED) is 0.797. The molecule has 0 spiro atoms. The van der Waals surface area contributed by atoms with Crippen molar-refractivity contribution in [2.75, 3.05) is 13.1 Å². The molecule has 3 nitrogen and oxygen atoms in total. The molecule has 0 bridgehead atoms. The summed E-state index contributed by atoms with van der Waals surface area (Å²) < 4.78 is 6.52. The molecule has 2 N–H and O–H groups in total. The summed E-state index contributed by atoms with van der Waals surface area (Å²) in [6.45, 7) is 6.03. The van der Waals surface area contributed by atoms with E-state index in [1.807, 2.05) is 13.0 Å². The fraction of sp³-hybridized carbons (Fsp3) is 0.700. The molecule has 0 unspecified atom stereocenters. The van der Waals surface area contributed by atoms with Gasteiger partial charge in [0.1, 0.15) is 5.75 Å². The topological polar surface area (TPSA) is 41.5 Å². The van der Waals surface area contributed by atoms with E-state index in [4.69, 9.17) is 4.74 Å². The van der Waals surface area contributed by atoms with Gasteiger partial charge < -0.3 is 15.2 Å². The number of phenolic OH excluding ortho intramolecular Hbond substituents is 1. The third-order valence-corrected chi connectivity index (χ3v) is 5.54. The highest BCUT2D eigenvalue weighted by molar-refractivity contribution is 5.47. The van der Waals surface area contributed by atoms with Gasteiger partial charge >= 0.3 is 0 Å². The molecule has 23 heavy (non-hydrogen) atoms. The Morgan fingerprint density at radius 1 is 1.22 bits per heavy atom. The number of fused-ring (bicyclic) bond motifs is 1. The summed E-state index contributed by atoms with van der Waals surface area (Å²) in [6, 6.07) is 4.17. The molecule has 3 rings (SSSR count). The Kier molecular flexibility index (Phi) is 5.60. The molecule has 3 heteroatoms. The SMILES string of the molecule is CCCNC[C@@H]1O[C@H](C2CCCCC2)Cc2c1ccc(C)c2O. The van der Waals surface area contributed by atoms with Crippen LogP contribution in [0.15, 0.2) is 12.1 Å². The van der Waals surface area contributed by atoms with Gasteiger partial charge in [-0.1, -0.05) is 38.3 Å². The highest BCUT2D eigenvalue weighted by atomic mass is 16.5. The first-order valence-corrected chi connectivity index (χ1v) is 9.38. The summed E-state index contributed by atoms with van der Waals surface area (Å²) in [6.07, 6.45) is 8.93. The molecule has 1 fully saturated rings. The summed E-state index contributed by atoms with van der Waals surface area (Å²) in [4.78, 5) is 0. The summed E-state index contributed by atoms with van der Waals surface area (Å²) in [5.74, 6) is 1.15. The zero-order chi connectivity index (χ0) is 16.2. The van der Waals surface area contributed by atoms with Crippen molar-refractivity contribution in [3.05, 3.63) is 28.8 Å². The van der Waals surface area contributed by atoms with Crippen LogP contribution >= 0.6 is 0 Å². The largest absolute Gasteiger partial charge is 0.507 e.